The first-order valence-corrected chi connectivity index (χ1v) is 13.3. The van der Waals surface area contributed by atoms with Crippen molar-refractivity contribution in [3.05, 3.63) is 47.2 Å². The third-order valence-corrected chi connectivity index (χ3v) is 8.52. The summed E-state index contributed by atoms with van der Waals surface area (Å²) in [7, 11) is 0. The molecule has 4 aliphatic rings. The van der Waals surface area contributed by atoms with E-state index >= 15 is 0 Å². The highest BCUT2D eigenvalue weighted by Crippen LogP contribution is 2.35. The van der Waals surface area contributed by atoms with E-state index < -0.39 is 12.0 Å². The van der Waals surface area contributed by atoms with Gasteiger partial charge in [0.2, 0.25) is 11.8 Å². The second-order valence-electron chi connectivity index (χ2n) is 11.1. The van der Waals surface area contributed by atoms with Gasteiger partial charge in [0.15, 0.2) is 0 Å². The second kappa shape index (κ2) is 10.00. The van der Waals surface area contributed by atoms with Gasteiger partial charge in [-0.25, -0.2) is 8.78 Å². The molecule has 2 amide bonds. The smallest absolute Gasteiger partial charge is 0.255 e. The van der Waals surface area contributed by atoms with E-state index in [0.717, 1.165) is 24.8 Å². The van der Waals surface area contributed by atoms with Crippen molar-refractivity contribution in [3.63, 3.8) is 0 Å². The molecule has 3 fully saturated rings. The number of halogens is 2. The molecule has 3 atom stereocenters. The number of fused-ring (bicyclic) bond motifs is 1. The van der Waals surface area contributed by atoms with E-state index in [-0.39, 0.29) is 30.7 Å². The van der Waals surface area contributed by atoms with Crippen molar-refractivity contribution in [3.8, 4) is 0 Å². The molecular formula is C28H37F2N3O2. The normalized spacial score (nSPS) is 29.6. The van der Waals surface area contributed by atoms with E-state index in [0.29, 0.717) is 55.4 Å². The molecule has 1 aromatic carbocycles. The van der Waals surface area contributed by atoms with Crippen molar-refractivity contribution in [1.82, 2.24) is 15.5 Å². The van der Waals surface area contributed by atoms with Crippen LogP contribution in [-0.4, -0.2) is 40.8 Å². The Balaban J connectivity index is 1.26. The van der Waals surface area contributed by atoms with Crippen LogP contribution in [0, 0.1) is 5.92 Å². The van der Waals surface area contributed by atoms with Gasteiger partial charge >= 0.3 is 0 Å². The van der Waals surface area contributed by atoms with Crippen LogP contribution in [0.5, 0.6) is 0 Å². The maximum absolute atomic E-state index is 13.6. The van der Waals surface area contributed by atoms with Crippen LogP contribution in [0.25, 0.3) is 0 Å². The number of carbonyl (C=O) groups excluding carboxylic acids is 2. The van der Waals surface area contributed by atoms with Crippen LogP contribution >= 0.6 is 0 Å². The minimum atomic E-state index is -2.50. The summed E-state index contributed by atoms with van der Waals surface area (Å²) in [6, 6.07) is 6.22. The molecule has 35 heavy (non-hydrogen) atoms. The lowest BCUT2D eigenvalue weighted by molar-refractivity contribution is -0.126. The molecule has 5 rings (SSSR count). The van der Waals surface area contributed by atoms with Crippen LogP contribution < -0.4 is 10.6 Å². The third kappa shape index (κ3) is 5.45. The Labute approximate surface area is 206 Å². The molecule has 0 bridgehead atoms. The number of rotatable bonds is 5. The number of amides is 2. The van der Waals surface area contributed by atoms with E-state index in [9.17, 15) is 18.4 Å². The molecular weight excluding hydrogens is 448 g/mol. The number of alkyl halides is 2. The molecule has 1 saturated heterocycles. The number of hydrogen-bond donors (Lipinski definition) is 2. The summed E-state index contributed by atoms with van der Waals surface area (Å²) >= 11 is 0. The fraction of sp³-hybridized carbons (Fsp3) is 0.643. The van der Waals surface area contributed by atoms with Gasteiger partial charge in [0.25, 0.3) is 5.91 Å². The summed E-state index contributed by atoms with van der Waals surface area (Å²) in [5.74, 6) is -2.25. The Morgan fingerprint density at radius 3 is 2.60 bits per heavy atom. The van der Waals surface area contributed by atoms with Gasteiger partial charge in [-0.15, -0.1) is 0 Å². The number of piperidine rings is 1. The second-order valence-corrected chi connectivity index (χ2v) is 11.1. The standard InChI is InChI=1S/C28H37F2N3O2/c1-18-7-10-25(26(34)31-18)33-17-21-16-19(8-9-23(21)27(33)35)15-20-5-3-2-4-6-24(20)32-22-11-13-28(29,30)14-12-22/h8-9,16,20,22,24-25,32H,1-7,10-15,17H2,(H,31,34)/t20-,24+,25?/m1/s1. The number of nitrogens with zero attached hydrogens (tertiary/aromatic N) is 1. The van der Waals surface area contributed by atoms with E-state index in [1.807, 2.05) is 6.07 Å². The number of allylic oxidation sites excluding steroid dienone is 1. The predicted molar refractivity (Wildman–Crippen MR) is 131 cm³/mol. The highest BCUT2D eigenvalue weighted by atomic mass is 19.3. The van der Waals surface area contributed by atoms with Crippen molar-refractivity contribution in [1.29, 1.82) is 0 Å². The minimum absolute atomic E-state index is 0.00939. The van der Waals surface area contributed by atoms with Gasteiger partial charge in [0, 0.05) is 42.7 Å². The fourth-order valence-corrected chi connectivity index (χ4v) is 6.50. The van der Waals surface area contributed by atoms with E-state index in [1.54, 1.807) is 4.90 Å². The van der Waals surface area contributed by atoms with Crippen molar-refractivity contribution in [2.75, 3.05) is 0 Å². The molecule has 2 aliphatic carbocycles. The zero-order valence-electron chi connectivity index (χ0n) is 20.5. The van der Waals surface area contributed by atoms with Gasteiger partial charge in [0.05, 0.1) is 0 Å². The maximum Gasteiger partial charge on any atom is 0.255 e. The Hall–Kier alpha value is -2.28. The zero-order valence-corrected chi connectivity index (χ0v) is 20.5. The van der Waals surface area contributed by atoms with Crippen LogP contribution in [-0.2, 0) is 17.8 Å². The summed E-state index contributed by atoms with van der Waals surface area (Å²) in [6.45, 7) is 4.30. The molecule has 2 saturated carbocycles. The summed E-state index contributed by atoms with van der Waals surface area (Å²) in [5.41, 5.74) is 3.63. The van der Waals surface area contributed by atoms with Crippen LogP contribution in [0.2, 0.25) is 0 Å². The topological polar surface area (TPSA) is 61.4 Å². The summed E-state index contributed by atoms with van der Waals surface area (Å²) < 4.78 is 27.3. The van der Waals surface area contributed by atoms with E-state index in [1.165, 1.54) is 24.8 Å². The molecule has 2 aliphatic heterocycles. The molecule has 7 heteroatoms. The lowest BCUT2D eigenvalue weighted by Gasteiger charge is -2.35. The van der Waals surface area contributed by atoms with E-state index in [2.05, 4.69) is 29.3 Å². The molecule has 190 valence electrons. The van der Waals surface area contributed by atoms with Gasteiger partial charge in [-0.2, -0.15) is 0 Å². The average molecular weight is 486 g/mol. The summed E-state index contributed by atoms with van der Waals surface area (Å²) in [5, 5.41) is 6.57. The first-order chi connectivity index (χ1) is 16.8. The Morgan fingerprint density at radius 1 is 1.06 bits per heavy atom. The molecule has 2 N–H and O–H groups in total. The van der Waals surface area contributed by atoms with Crippen molar-refractivity contribution >= 4 is 11.8 Å². The monoisotopic (exact) mass is 485 g/mol. The van der Waals surface area contributed by atoms with Gasteiger partial charge in [-0.1, -0.05) is 38.0 Å². The van der Waals surface area contributed by atoms with Crippen LogP contribution in [0.3, 0.4) is 0 Å². The van der Waals surface area contributed by atoms with Gasteiger partial charge in [0.1, 0.15) is 6.04 Å². The quantitative estimate of drug-likeness (QED) is 0.571. The zero-order chi connectivity index (χ0) is 24.6. The average Bonchev–Trinajstić information content (AvgIpc) is 2.98. The lowest BCUT2D eigenvalue weighted by atomic mass is 9.85. The summed E-state index contributed by atoms with van der Waals surface area (Å²) in [6.07, 6.45) is 9.14. The van der Waals surface area contributed by atoms with Crippen molar-refractivity contribution in [2.45, 2.75) is 108 Å². The Morgan fingerprint density at radius 2 is 1.83 bits per heavy atom. The maximum atomic E-state index is 13.6. The number of nitrogens with one attached hydrogen (secondary N) is 2. The van der Waals surface area contributed by atoms with Crippen LogP contribution in [0.4, 0.5) is 8.78 Å². The van der Waals surface area contributed by atoms with Crippen molar-refractivity contribution < 1.29 is 18.4 Å². The van der Waals surface area contributed by atoms with E-state index in [4.69, 9.17) is 0 Å². The molecule has 0 spiro atoms. The minimum Gasteiger partial charge on any atom is -0.329 e. The molecule has 1 aromatic rings. The predicted octanol–water partition coefficient (Wildman–Crippen LogP) is 5.09. The van der Waals surface area contributed by atoms with Gasteiger partial charge in [-0.3, -0.25) is 9.59 Å². The Bertz CT molecular complexity index is 984. The molecule has 5 nitrogen and oxygen atoms in total. The third-order valence-electron chi connectivity index (χ3n) is 8.52. The fourth-order valence-electron chi connectivity index (χ4n) is 6.50. The molecule has 0 radical (unpaired) electrons. The molecule has 1 unspecified atom stereocenters. The lowest BCUT2D eigenvalue weighted by Crippen LogP contribution is -2.49. The van der Waals surface area contributed by atoms with Gasteiger partial charge < -0.3 is 15.5 Å². The van der Waals surface area contributed by atoms with Crippen molar-refractivity contribution in [2.24, 2.45) is 5.92 Å². The SMILES string of the molecule is C=C1CCC(N2Cc3cc(C[C@H]4CCCCC[C@@H]4NC4CCC(F)(F)CC4)ccc3C2=O)C(=O)N1. The Kier molecular flexibility index (Phi) is 6.97. The number of benzene rings is 1. The highest BCUT2D eigenvalue weighted by molar-refractivity contribution is 6.01. The highest BCUT2D eigenvalue weighted by Gasteiger charge is 2.39. The number of hydrogen-bond acceptors (Lipinski definition) is 3. The van der Waals surface area contributed by atoms with Gasteiger partial charge in [-0.05, 0) is 68.1 Å². The molecule has 2 heterocycles. The van der Waals surface area contributed by atoms with Crippen LogP contribution in [0.1, 0.15) is 92.1 Å². The van der Waals surface area contributed by atoms with Crippen LogP contribution in [0.15, 0.2) is 30.5 Å². The first kappa shape index (κ1) is 24.4. The largest absolute Gasteiger partial charge is 0.329 e. The first-order valence-electron chi connectivity index (χ1n) is 13.3. The number of carbonyl (C=O) groups is 2. The summed E-state index contributed by atoms with van der Waals surface area (Å²) in [4.78, 5) is 27.2. The molecule has 0 aromatic heterocycles.